The Morgan fingerprint density at radius 3 is 0.483 bits per heavy atom. The minimum absolute atomic E-state index is 0.221. The van der Waals surface area contributed by atoms with Gasteiger partial charge in [0.25, 0.3) is 0 Å². The van der Waals surface area contributed by atoms with Gasteiger partial charge in [0.2, 0.25) is 0 Å². The van der Waals surface area contributed by atoms with Crippen molar-refractivity contribution in [1.29, 1.82) is 0 Å². The molecule has 0 amide bonds. The van der Waals surface area contributed by atoms with Gasteiger partial charge in [0, 0.05) is 0 Å². The molecule has 116 heavy (non-hydrogen) atoms. The quantitative estimate of drug-likeness (QED) is 0.0333. The lowest BCUT2D eigenvalue weighted by Crippen LogP contribution is -2.47. The molecule has 0 saturated carbocycles. The van der Waals surface area contributed by atoms with Crippen LogP contribution in [0.3, 0.4) is 0 Å². The maximum atomic E-state index is 21.6. The SMILES string of the molecule is CCCCCCC(C)C(OP(=O)(OC(c1ccc(C(C)(C)C)cc1C(C)(C)C)(c1ccc(C(C)(C)C)cc1C(C)(C)C)C(C)CCCCCC)OC(c1ccc(C(C)(C)C)cc1C(C)(C)C)(c1ccc(C(C)(C)C)cc1C(C)(C)C)C(C)CCCCCC)(c1ccc(C(C)(C)C)cc1C(C)(C)C)c1ccc(C(C)(C)C)cc1C(C)(C)C. The van der Waals surface area contributed by atoms with Crippen LogP contribution in [0.1, 0.15) is 487 Å². The second-order valence-electron chi connectivity index (χ2n) is 48.7. The first-order valence-electron chi connectivity index (χ1n) is 46.2. The molecule has 0 aliphatic heterocycles. The predicted octanol–water partition coefficient (Wildman–Crippen LogP) is 34.4. The number of unbranched alkanes of at least 4 members (excludes halogenated alkanes) is 9. The highest BCUT2D eigenvalue weighted by molar-refractivity contribution is 7.48. The largest absolute Gasteiger partial charge is 0.478 e. The Kier molecular flexibility index (Phi) is 31.5. The van der Waals surface area contributed by atoms with Gasteiger partial charge in [0.1, 0.15) is 16.8 Å². The molecule has 0 aliphatic carbocycles. The first-order chi connectivity index (χ1) is 52.6. The predicted molar refractivity (Wildman–Crippen MR) is 510 cm³/mol. The van der Waals surface area contributed by atoms with E-state index < -0.39 is 57.1 Å². The van der Waals surface area contributed by atoms with E-state index in [4.69, 9.17) is 0 Å². The average Bonchev–Trinajstić information content (AvgIpc) is 0.698. The van der Waals surface area contributed by atoms with Crippen molar-refractivity contribution in [3.05, 3.63) is 209 Å². The standard InChI is InChI=1S/C111H177O4P/c1-43-46-49-52-55-76(4)109(85-64-58-79(97(7,8)9)70-91(85)103(25,26)27,86-65-59-80(98(10,11)12)71-92(86)104(28,29)30)113-116(112,114-110(77(5)56-53-50-47-44-2,87-66-60-81(99(13,14)15)72-93(87)105(31,32)33)88-67-61-82(100(16,17)18)73-94(88)106(34,35)36)115-111(78(6)57-54-51-48-45-3,89-68-62-83(101(19,20)21)74-95(89)107(37,38)39)90-69-63-84(102(22,23)24)75-96(90)108(40,41)42/h58-78H,43-57H2,1-42H3. The van der Waals surface area contributed by atoms with Crippen LogP contribution in [0.5, 0.6) is 0 Å². The van der Waals surface area contributed by atoms with Crippen LogP contribution in [0.15, 0.2) is 109 Å². The minimum atomic E-state index is -5.57. The van der Waals surface area contributed by atoms with E-state index in [9.17, 15) is 13.6 Å². The molecule has 0 bridgehead atoms. The fourth-order valence-corrected chi connectivity index (χ4v) is 20.5. The molecule has 6 aromatic carbocycles. The minimum Gasteiger partial charge on any atom is -0.270 e. The fourth-order valence-electron chi connectivity index (χ4n) is 18.2. The molecule has 4 nitrogen and oxygen atoms in total. The van der Waals surface area contributed by atoms with Crippen LogP contribution in [0.25, 0.3) is 0 Å². The topological polar surface area (TPSA) is 44.8 Å². The van der Waals surface area contributed by atoms with Gasteiger partial charge in [-0.05, 0) is 202 Å². The van der Waals surface area contributed by atoms with Gasteiger partial charge in [-0.2, -0.15) is 0 Å². The molecule has 6 aromatic rings. The van der Waals surface area contributed by atoms with E-state index in [0.717, 1.165) is 163 Å². The smallest absolute Gasteiger partial charge is 0.270 e. The number of phosphoric ester groups is 1. The van der Waals surface area contributed by atoms with Crippen molar-refractivity contribution in [2.75, 3.05) is 0 Å². The van der Waals surface area contributed by atoms with Gasteiger partial charge in [-0.3, -0.25) is 13.6 Å². The number of rotatable bonds is 30. The monoisotopic (exact) mass is 1610 g/mol. The number of hydrogen-bond acceptors (Lipinski definition) is 4. The highest BCUT2D eigenvalue weighted by atomic mass is 31.2. The van der Waals surface area contributed by atoms with Gasteiger partial charge < -0.3 is 0 Å². The molecule has 650 valence electrons. The highest BCUT2D eigenvalue weighted by Crippen LogP contribution is 2.72. The van der Waals surface area contributed by atoms with Crippen molar-refractivity contribution < 1.29 is 18.1 Å². The molecular weight excluding hydrogens is 1430 g/mol. The van der Waals surface area contributed by atoms with Gasteiger partial charge >= 0.3 is 7.82 Å². The Hall–Kier alpha value is -4.57. The first kappa shape index (κ1) is 100. The summed E-state index contributed by atoms with van der Waals surface area (Å²) in [6.45, 7) is 99.6. The summed E-state index contributed by atoms with van der Waals surface area (Å²) in [6.07, 6.45) is 14.8. The molecule has 0 radical (unpaired) electrons. The van der Waals surface area contributed by atoms with Gasteiger partial charge in [-0.1, -0.05) is 477 Å². The molecule has 3 atom stereocenters. The number of hydrogen-bond donors (Lipinski definition) is 0. The lowest BCUT2D eigenvalue weighted by molar-refractivity contribution is -0.0861. The third-order valence-electron chi connectivity index (χ3n) is 25.9. The third kappa shape index (κ3) is 23.2. The molecular formula is C111H177O4P. The fraction of sp³-hybridized carbons (Fsp3) is 0.676. The summed E-state index contributed by atoms with van der Waals surface area (Å²) in [4.78, 5) is 0. The molecule has 0 aliphatic rings. The molecule has 5 heteroatoms. The molecule has 0 spiro atoms. The van der Waals surface area contributed by atoms with Gasteiger partial charge in [0.05, 0.1) is 0 Å². The molecule has 3 unspecified atom stereocenters. The highest BCUT2D eigenvalue weighted by Gasteiger charge is 2.62. The van der Waals surface area contributed by atoms with Crippen LogP contribution in [0.4, 0.5) is 0 Å². The van der Waals surface area contributed by atoms with E-state index in [-0.39, 0.29) is 50.2 Å². The van der Waals surface area contributed by atoms with E-state index in [0.29, 0.717) is 0 Å². The van der Waals surface area contributed by atoms with Crippen molar-refractivity contribution >= 4 is 7.82 Å². The Bertz CT molecular complexity index is 3600. The molecule has 0 heterocycles. The summed E-state index contributed by atoms with van der Waals surface area (Å²) >= 11 is 0. The number of phosphoric acid groups is 1. The summed E-state index contributed by atoms with van der Waals surface area (Å²) in [5, 5.41) is 0. The lowest BCUT2D eigenvalue weighted by atomic mass is 9.65. The van der Waals surface area contributed by atoms with E-state index in [1.165, 1.54) is 33.4 Å². The van der Waals surface area contributed by atoms with E-state index in [1.807, 2.05) is 0 Å². The van der Waals surface area contributed by atoms with E-state index >= 15 is 4.57 Å². The molecule has 0 aromatic heterocycles. The molecule has 0 fully saturated rings. The second-order valence-corrected chi connectivity index (χ2v) is 50.2. The Morgan fingerprint density at radius 1 is 0.216 bits per heavy atom. The second kappa shape index (κ2) is 36.5. The zero-order valence-electron chi connectivity index (χ0n) is 83.3. The van der Waals surface area contributed by atoms with Gasteiger partial charge in [0.15, 0.2) is 0 Å². The zero-order chi connectivity index (χ0) is 88.6. The Morgan fingerprint density at radius 2 is 0.362 bits per heavy atom. The summed E-state index contributed by atoms with van der Waals surface area (Å²) in [6, 6.07) is 44.0. The Labute approximate surface area is 717 Å². The normalized spacial score (nSPS) is 15.4. The first-order valence-corrected chi connectivity index (χ1v) is 47.7. The number of benzene rings is 6. The summed E-state index contributed by atoms with van der Waals surface area (Å²) < 4.78 is 50.2. The van der Waals surface area contributed by atoms with Crippen LogP contribution in [-0.4, -0.2) is 0 Å². The summed E-state index contributed by atoms with van der Waals surface area (Å²) in [7, 11) is -5.57. The van der Waals surface area contributed by atoms with Crippen LogP contribution in [-0.2, 0) is 99.9 Å². The average molecular weight is 1610 g/mol. The maximum absolute atomic E-state index is 21.6. The molecule has 0 saturated heterocycles. The molecule has 0 N–H and O–H groups in total. The van der Waals surface area contributed by atoms with Crippen molar-refractivity contribution in [2.45, 2.75) is 469 Å². The van der Waals surface area contributed by atoms with Gasteiger partial charge in [-0.25, -0.2) is 4.57 Å². The third-order valence-corrected chi connectivity index (χ3v) is 27.4. The van der Waals surface area contributed by atoms with Gasteiger partial charge in [-0.15, -0.1) is 0 Å². The molecule has 6 rings (SSSR count). The Balaban J connectivity index is 2.33. The van der Waals surface area contributed by atoms with Crippen LogP contribution >= 0.6 is 7.82 Å². The van der Waals surface area contributed by atoms with E-state index in [1.54, 1.807) is 0 Å². The maximum Gasteiger partial charge on any atom is 0.478 e. The zero-order valence-corrected chi connectivity index (χ0v) is 84.2. The van der Waals surface area contributed by atoms with Crippen molar-refractivity contribution in [3.63, 3.8) is 0 Å². The summed E-state index contributed by atoms with van der Waals surface area (Å²) in [5.74, 6) is -1.03. The van der Waals surface area contributed by atoms with Crippen molar-refractivity contribution in [2.24, 2.45) is 17.8 Å². The van der Waals surface area contributed by atoms with Crippen molar-refractivity contribution in [1.82, 2.24) is 0 Å². The lowest BCUT2D eigenvalue weighted by Gasteiger charge is -2.52. The van der Waals surface area contributed by atoms with E-state index in [2.05, 4.69) is 400 Å². The summed E-state index contributed by atoms with van der Waals surface area (Å²) in [5.41, 5.74) is 11.5. The van der Waals surface area contributed by atoms with Crippen LogP contribution < -0.4 is 0 Å². The van der Waals surface area contributed by atoms with Crippen molar-refractivity contribution in [3.8, 4) is 0 Å². The van der Waals surface area contributed by atoms with Crippen LogP contribution in [0.2, 0.25) is 0 Å². The van der Waals surface area contributed by atoms with Crippen LogP contribution in [0, 0.1) is 17.8 Å².